The third-order valence-corrected chi connectivity index (χ3v) is 3.70. The molecule has 1 aromatic rings. The smallest absolute Gasteiger partial charge is 0.312 e. The number of nitro groups is 1. The highest BCUT2D eigenvalue weighted by Crippen LogP contribution is 2.35. The Morgan fingerprint density at radius 1 is 1.56 bits per heavy atom. The lowest BCUT2D eigenvalue weighted by Gasteiger charge is -2.15. The lowest BCUT2D eigenvalue weighted by molar-refractivity contribution is -0.386. The first-order chi connectivity index (χ1) is 8.60. The van der Waals surface area contributed by atoms with Gasteiger partial charge in [-0.3, -0.25) is 10.1 Å². The number of ether oxygens (including phenoxy) is 1. The van der Waals surface area contributed by atoms with Gasteiger partial charge >= 0.3 is 5.69 Å². The van der Waals surface area contributed by atoms with Crippen LogP contribution in [0.5, 0.6) is 5.75 Å². The zero-order valence-electron chi connectivity index (χ0n) is 10.1. The molecule has 0 spiro atoms. The van der Waals surface area contributed by atoms with Gasteiger partial charge in [0.1, 0.15) is 0 Å². The van der Waals surface area contributed by atoms with Crippen LogP contribution in [0.25, 0.3) is 0 Å². The molecule has 0 aliphatic rings. The third kappa shape index (κ3) is 4.17. The molecule has 0 radical (unpaired) electrons. The van der Waals surface area contributed by atoms with E-state index in [0.29, 0.717) is 28.5 Å². The largest absolute Gasteiger partial charge is 0.486 e. The molecule has 0 aliphatic carbocycles. The molecule has 0 heterocycles. The van der Waals surface area contributed by atoms with E-state index < -0.39 is 4.92 Å². The molecular weight excluding hydrogens is 318 g/mol. The Bertz CT molecular complexity index is 414. The summed E-state index contributed by atoms with van der Waals surface area (Å²) in [5.74, 6) is 1.32. The van der Waals surface area contributed by atoms with Crippen molar-refractivity contribution in [1.29, 1.82) is 0 Å². The third-order valence-electron chi connectivity index (χ3n) is 2.56. The fourth-order valence-electron chi connectivity index (χ4n) is 1.62. The molecule has 0 fully saturated rings. The monoisotopic (exact) mass is 333 g/mol. The Balaban J connectivity index is 2.80. The Kier molecular flexibility index (Phi) is 6.49. The lowest BCUT2D eigenvalue weighted by Crippen LogP contribution is -2.14. The molecule has 100 valence electrons. The van der Waals surface area contributed by atoms with E-state index in [2.05, 4.69) is 35.5 Å². The molecule has 18 heavy (non-hydrogen) atoms. The second-order valence-electron chi connectivity index (χ2n) is 3.99. The molecule has 0 saturated carbocycles. The quantitative estimate of drug-likeness (QED) is 0.464. The number of hydrogen-bond acceptors (Lipinski definition) is 4. The van der Waals surface area contributed by atoms with Crippen molar-refractivity contribution in [2.24, 2.45) is 5.92 Å². The summed E-state index contributed by atoms with van der Waals surface area (Å²) in [6, 6.07) is 4.80. The zero-order valence-corrected chi connectivity index (χ0v) is 12.6. The van der Waals surface area contributed by atoms with Crippen LogP contribution in [0.2, 0.25) is 0 Å². The topological polar surface area (TPSA) is 52.4 Å². The van der Waals surface area contributed by atoms with Gasteiger partial charge in [-0.05, 0) is 34.2 Å². The van der Waals surface area contributed by atoms with E-state index in [4.69, 9.17) is 4.74 Å². The van der Waals surface area contributed by atoms with E-state index in [9.17, 15) is 10.1 Å². The van der Waals surface area contributed by atoms with Crippen LogP contribution < -0.4 is 4.74 Å². The molecule has 1 unspecified atom stereocenters. The first kappa shape index (κ1) is 15.3. The zero-order chi connectivity index (χ0) is 13.5. The van der Waals surface area contributed by atoms with Gasteiger partial charge in [-0.1, -0.05) is 19.4 Å². The number of hydrogen-bond donors (Lipinski definition) is 1. The van der Waals surface area contributed by atoms with Gasteiger partial charge in [0, 0.05) is 12.0 Å². The molecule has 1 aromatic carbocycles. The van der Waals surface area contributed by atoms with E-state index in [1.54, 1.807) is 12.1 Å². The van der Waals surface area contributed by atoms with Gasteiger partial charge in [0.05, 0.1) is 16.0 Å². The van der Waals surface area contributed by atoms with Crippen molar-refractivity contribution >= 4 is 34.2 Å². The minimum absolute atomic E-state index is 0.0150. The Labute approximate surface area is 120 Å². The molecule has 6 heteroatoms. The minimum atomic E-state index is -0.435. The normalized spacial score (nSPS) is 12.2. The van der Waals surface area contributed by atoms with Crippen molar-refractivity contribution in [2.75, 3.05) is 12.4 Å². The Morgan fingerprint density at radius 2 is 2.28 bits per heavy atom. The average Bonchev–Trinajstić information content (AvgIpc) is 2.35. The van der Waals surface area contributed by atoms with Crippen LogP contribution in [0.1, 0.15) is 19.8 Å². The number of benzene rings is 1. The van der Waals surface area contributed by atoms with Crippen molar-refractivity contribution in [2.45, 2.75) is 19.8 Å². The first-order valence-electron chi connectivity index (χ1n) is 5.76. The van der Waals surface area contributed by atoms with Gasteiger partial charge in [-0.15, -0.1) is 0 Å². The van der Waals surface area contributed by atoms with Crippen LogP contribution in [-0.4, -0.2) is 17.3 Å². The van der Waals surface area contributed by atoms with Gasteiger partial charge < -0.3 is 4.74 Å². The molecule has 0 aromatic heterocycles. The maximum absolute atomic E-state index is 10.9. The summed E-state index contributed by atoms with van der Waals surface area (Å²) >= 11 is 7.54. The van der Waals surface area contributed by atoms with Crippen molar-refractivity contribution in [3.63, 3.8) is 0 Å². The first-order valence-corrected chi connectivity index (χ1v) is 7.19. The fourth-order valence-corrected chi connectivity index (χ4v) is 2.38. The standard InChI is InChI=1S/C12H16BrNO3S/c1-2-4-9(8-18)7-17-12-10(13)5-3-6-11(12)14(15)16/h3,5-6,9,18H,2,4,7-8H2,1H3. The van der Waals surface area contributed by atoms with Crippen molar-refractivity contribution in [1.82, 2.24) is 0 Å². The van der Waals surface area contributed by atoms with Crippen molar-refractivity contribution in [3.05, 3.63) is 32.8 Å². The summed E-state index contributed by atoms with van der Waals surface area (Å²) in [6.07, 6.45) is 2.05. The molecule has 0 aliphatic heterocycles. The summed E-state index contributed by atoms with van der Waals surface area (Å²) in [4.78, 5) is 10.5. The highest BCUT2D eigenvalue weighted by molar-refractivity contribution is 9.10. The van der Waals surface area contributed by atoms with Crippen LogP contribution in [0.4, 0.5) is 5.69 Å². The molecule has 1 rings (SSSR count). The van der Waals surface area contributed by atoms with Gasteiger partial charge in [-0.2, -0.15) is 12.6 Å². The van der Waals surface area contributed by atoms with Crippen LogP contribution in [0.15, 0.2) is 22.7 Å². The van der Waals surface area contributed by atoms with Gasteiger partial charge in [0.15, 0.2) is 0 Å². The fraction of sp³-hybridized carbons (Fsp3) is 0.500. The summed E-state index contributed by atoms with van der Waals surface area (Å²) in [6.45, 7) is 2.54. The molecule has 0 saturated heterocycles. The van der Waals surface area contributed by atoms with Gasteiger partial charge in [0.25, 0.3) is 0 Å². The van der Waals surface area contributed by atoms with Gasteiger partial charge in [0.2, 0.25) is 5.75 Å². The Morgan fingerprint density at radius 3 is 2.83 bits per heavy atom. The number of halogens is 1. The van der Waals surface area contributed by atoms with Crippen LogP contribution in [0, 0.1) is 16.0 Å². The molecule has 4 nitrogen and oxygen atoms in total. The lowest BCUT2D eigenvalue weighted by atomic mass is 10.1. The molecule has 0 amide bonds. The number of thiol groups is 1. The van der Waals surface area contributed by atoms with Crippen molar-refractivity contribution < 1.29 is 9.66 Å². The van der Waals surface area contributed by atoms with Gasteiger partial charge in [-0.25, -0.2) is 0 Å². The second kappa shape index (κ2) is 7.63. The average molecular weight is 334 g/mol. The van der Waals surface area contributed by atoms with E-state index in [1.807, 2.05) is 0 Å². The van der Waals surface area contributed by atoms with E-state index in [1.165, 1.54) is 6.07 Å². The van der Waals surface area contributed by atoms with Crippen LogP contribution in [0.3, 0.4) is 0 Å². The minimum Gasteiger partial charge on any atom is -0.486 e. The highest BCUT2D eigenvalue weighted by Gasteiger charge is 2.19. The molecule has 1 atom stereocenters. The second-order valence-corrected chi connectivity index (χ2v) is 5.21. The molecule has 0 bridgehead atoms. The summed E-state index contributed by atoms with van der Waals surface area (Å²) in [5, 5.41) is 10.9. The maximum atomic E-state index is 10.9. The van der Waals surface area contributed by atoms with E-state index in [0.717, 1.165) is 12.8 Å². The molecule has 0 N–H and O–H groups in total. The number of nitrogens with zero attached hydrogens (tertiary/aromatic N) is 1. The van der Waals surface area contributed by atoms with E-state index >= 15 is 0 Å². The van der Waals surface area contributed by atoms with E-state index in [-0.39, 0.29) is 5.69 Å². The summed E-state index contributed by atoms with van der Waals surface area (Å²) in [7, 11) is 0. The number of nitro benzene ring substituents is 1. The summed E-state index contributed by atoms with van der Waals surface area (Å²) in [5.41, 5.74) is -0.0150. The Hall–Kier alpha value is -0.750. The summed E-state index contributed by atoms with van der Waals surface area (Å²) < 4.78 is 6.20. The van der Waals surface area contributed by atoms with Crippen LogP contribution in [-0.2, 0) is 0 Å². The highest BCUT2D eigenvalue weighted by atomic mass is 79.9. The van der Waals surface area contributed by atoms with Crippen molar-refractivity contribution in [3.8, 4) is 5.75 Å². The van der Waals surface area contributed by atoms with Crippen LogP contribution >= 0.6 is 28.6 Å². The molecular formula is C12H16BrNO3S. The number of para-hydroxylation sites is 1. The number of rotatable bonds is 7. The SMILES string of the molecule is CCCC(CS)COc1c(Br)cccc1[N+](=O)[O-]. The predicted molar refractivity (Wildman–Crippen MR) is 78.5 cm³/mol. The predicted octanol–water partition coefficient (Wildman–Crippen LogP) is 4.08. The maximum Gasteiger partial charge on any atom is 0.312 e.